The lowest BCUT2D eigenvalue weighted by Gasteiger charge is -2.22. The van der Waals surface area contributed by atoms with Gasteiger partial charge in [0.05, 0.1) is 23.6 Å². The number of alkyl halides is 3. The zero-order chi connectivity index (χ0) is 34.8. The lowest BCUT2D eigenvalue weighted by atomic mass is 9.98. The van der Waals surface area contributed by atoms with Gasteiger partial charge in [-0.25, -0.2) is 13.2 Å². The summed E-state index contributed by atoms with van der Waals surface area (Å²) in [5.74, 6) is -1.25. The molecule has 1 heterocycles. The summed E-state index contributed by atoms with van der Waals surface area (Å²) in [5.41, 5.74) is 4.66. The number of hydrogen-bond acceptors (Lipinski definition) is 5. The number of fused-ring (bicyclic) bond motifs is 1. The number of hydrogen-bond donors (Lipinski definition) is 2. The highest BCUT2D eigenvalue weighted by Crippen LogP contribution is 2.36. The van der Waals surface area contributed by atoms with Crippen molar-refractivity contribution in [2.24, 2.45) is 0 Å². The van der Waals surface area contributed by atoms with Crippen molar-refractivity contribution < 1.29 is 41.0 Å². The first-order valence-corrected chi connectivity index (χ1v) is 16.4. The molecule has 0 unspecified atom stereocenters. The van der Waals surface area contributed by atoms with Crippen molar-refractivity contribution in [1.29, 1.82) is 0 Å². The molecule has 0 spiro atoms. The molecule has 12 heteroatoms. The van der Waals surface area contributed by atoms with Gasteiger partial charge in [-0.05, 0) is 76.9 Å². The fraction of sp³-hybridized carbons (Fsp3) is 0.108. The molecule has 0 aliphatic carbocycles. The molecule has 8 nitrogen and oxygen atoms in total. The predicted octanol–water partition coefficient (Wildman–Crippen LogP) is 8.28. The topological polar surface area (TPSA) is 107 Å². The van der Waals surface area contributed by atoms with E-state index in [1.165, 1.54) is 19.2 Å². The van der Waals surface area contributed by atoms with Crippen molar-refractivity contribution in [3.8, 4) is 11.5 Å². The van der Waals surface area contributed by atoms with Crippen LogP contribution >= 0.6 is 0 Å². The van der Waals surface area contributed by atoms with E-state index in [-0.39, 0.29) is 22.2 Å². The Kier molecular flexibility index (Phi) is 9.07. The van der Waals surface area contributed by atoms with Crippen molar-refractivity contribution in [3.05, 3.63) is 155 Å². The molecule has 1 aromatic heterocycles. The van der Waals surface area contributed by atoms with Gasteiger partial charge < -0.3 is 19.1 Å². The number of aromatic nitrogens is 1. The van der Waals surface area contributed by atoms with Gasteiger partial charge >= 0.3 is 12.3 Å². The average molecular weight is 687 g/mol. The summed E-state index contributed by atoms with van der Waals surface area (Å²) < 4.78 is 78.6. The van der Waals surface area contributed by atoms with E-state index >= 15 is 0 Å². The highest BCUT2D eigenvalue weighted by Gasteiger charge is 2.31. The van der Waals surface area contributed by atoms with Crippen LogP contribution in [0.1, 0.15) is 38.7 Å². The first-order chi connectivity index (χ1) is 23.4. The molecule has 0 saturated heterocycles. The number of rotatable bonds is 11. The Morgan fingerprint density at radius 3 is 2.04 bits per heavy atom. The predicted molar refractivity (Wildman–Crippen MR) is 179 cm³/mol. The van der Waals surface area contributed by atoms with Crippen LogP contribution in [0.25, 0.3) is 10.9 Å². The van der Waals surface area contributed by atoms with Gasteiger partial charge in [-0.15, -0.1) is 13.2 Å². The first-order valence-electron chi connectivity index (χ1n) is 14.9. The molecule has 2 N–H and O–H groups in total. The Morgan fingerprint density at radius 2 is 1.47 bits per heavy atom. The molecule has 0 bridgehead atoms. The molecule has 6 aromatic rings. The second-order valence-corrected chi connectivity index (χ2v) is 12.8. The van der Waals surface area contributed by atoms with Crippen LogP contribution in [0.4, 0.5) is 18.9 Å². The van der Waals surface area contributed by atoms with Crippen molar-refractivity contribution in [3.63, 3.8) is 0 Å². The molecular formula is C37H29F3N2O6S. The van der Waals surface area contributed by atoms with E-state index in [2.05, 4.69) is 14.0 Å². The molecule has 6 rings (SSSR count). The number of carboxylic acids is 1. The number of carbonyl (C=O) groups is 1. The summed E-state index contributed by atoms with van der Waals surface area (Å²) in [6.45, 7) is 0. The minimum absolute atomic E-state index is 0.0749. The number of aromatic carboxylic acids is 1. The van der Waals surface area contributed by atoms with Gasteiger partial charge in [0.15, 0.2) is 0 Å². The third-order valence-corrected chi connectivity index (χ3v) is 9.36. The maximum atomic E-state index is 13.3. The van der Waals surface area contributed by atoms with Gasteiger partial charge in [-0.3, -0.25) is 4.72 Å². The summed E-state index contributed by atoms with van der Waals surface area (Å²) in [6.07, 6.45) is -2.60. The van der Waals surface area contributed by atoms with Crippen molar-refractivity contribution >= 4 is 32.6 Å². The molecule has 0 saturated carbocycles. The first kappa shape index (κ1) is 33.2. The molecule has 250 valence electrons. The highest BCUT2D eigenvalue weighted by molar-refractivity contribution is 7.92. The highest BCUT2D eigenvalue weighted by atomic mass is 32.2. The smallest absolute Gasteiger partial charge is 0.496 e. The third-order valence-electron chi connectivity index (χ3n) is 7.96. The maximum absolute atomic E-state index is 13.3. The number of ether oxygens (including phenoxy) is 2. The number of halogens is 3. The summed E-state index contributed by atoms with van der Waals surface area (Å²) in [6, 6.07) is 33.3. The van der Waals surface area contributed by atoms with Gasteiger partial charge in [-0.1, -0.05) is 66.7 Å². The minimum atomic E-state index is -4.91. The van der Waals surface area contributed by atoms with Crippen LogP contribution in [0.3, 0.4) is 0 Å². The van der Waals surface area contributed by atoms with Crippen LogP contribution < -0.4 is 14.2 Å². The summed E-state index contributed by atoms with van der Waals surface area (Å²) in [7, 11) is -2.74. The fourth-order valence-corrected chi connectivity index (χ4v) is 6.84. The number of anilines is 1. The fourth-order valence-electron chi connectivity index (χ4n) is 5.79. The molecule has 5 aromatic carbocycles. The van der Waals surface area contributed by atoms with E-state index in [4.69, 9.17) is 4.74 Å². The van der Waals surface area contributed by atoms with Crippen LogP contribution in [0, 0.1) is 0 Å². The Bertz CT molecular complexity index is 2180. The molecular weight excluding hydrogens is 657 g/mol. The van der Waals surface area contributed by atoms with Gasteiger partial charge in [0, 0.05) is 29.2 Å². The standard InChI is InChI=1S/C37H29F3N2O6S/c1-47-34-21-27(36(43)44)13-12-26(34)20-28-23-42(35(24-8-4-2-5-9-24)25-10-6-3-7-11-25)33-19-14-29(22-32(28)33)41-49(45,46)31-17-15-30(16-18-31)48-37(38,39)40/h2-19,21-23,35,41H,20H2,1H3,(H,43,44). The zero-order valence-electron chi connectivity index (χ0n) is 25.9. The quantitative estimate of drug-likeness (QED) is 0.142. The van der Waals surface area contributed by atoms with E-state index in [0.29, 0.717) is 12.2 Å². The number of nitrogens with zero attached hydrogens (tertiary/aromatic N) is 1. The van der Waals surface area contributed by atoms with Gasteiger partial charge in [0.25, 0.3) is 10.0 Å². The SMILES string of the molecule is COc1cc(C(=O)O)ccc1Cc1cn(C(c2ccccc2)c2ccccc2)c2ccc(NS(=O)(=O)c3ccc(OC(F)(F)F)cc3)cc12. The van der Waals surface area contributed by atoms with Crippen LogP contribution in [0.2, 0.25) is 0 Å². The van der Waals surface area contributed by atoms with E-state index in [9.17, 15) is 31.5 Å². The Balaban J connectivity index is 1.45. The summed E-state index contributed by atoms with van der Waals surface area (Å²) >= 11 is 0. The Hall–Kier alpha value is -5.75. The third kappa shape index (κ3) is 7.39. The molecule has 49 heavy (non-hydrogen) atoms. The average Bonchev–Trinajstić information content (AvgIpc) is 3.41. The Labute approximate surface area is 280 Å². The maximum Gasteiger partial charge on any atom is 0.573 e. The normalized spacial score (nSPS) is 11.9. The van der Waals surface area contributed by atoms with Gasteiger partial charge in [-0.2, -0.15) is 0 Å². The molecule has 0 fully saturated rings. The lowest BCUT2D eigenvalue weighted by molar-refractivity contribution is -0.274. The minimum Gasteiger partial charge on any atom is -0.496 e. The van der Waals surface area contributed by atoms with Crippen LogP contribution in [0.5, 0.6) is 11.5 Å². The van der Waals surface area contributed by atoms with Gasteiger partial charge in [0.1, 0.15) is 11.5 Å². The molecule has 0 atom stereocenters. The lowest BCUT2D eigenvalue weighted by Crippen LogP contribution is -2.17. The molecule has 0 aliphatic rings. The Morgan fingerprint density at radius 1 is 0.837 bits per heavy atom. The molecule has 0 radical (unpaired) electrons. The monoisotopic (exact) mass is 686 g/mol. The number of nitrogens with one attached hydrogen (secondary N) is 1. The summed E-state index contributed by atoms with van der Waals surface area (Å²) in [4.78, 5) is 11.4. The van der Waals surface area contributed by atoms with E-state index in [1.54, 1.807) is 24.3 Å². The van der Waals surface area contributed by atoms with Crippen molar-refractivity contribution in [1.82, 2.24) is 4.57 Å². The van der Waals surface area contributed by atoms with Crippen LogP contribution in [0.15, 0.2) is 132 Å². The second kappa shape index (κ2) is 13.4. The van der Waals surface area contributed by atoms with Crippen molar-refractivity contribution in [2.45, 2.75) is 23.7 Å². The number of sulfonamides is 1. The van der Waals surface area contributed by atoms with Crippen LogP contribution in [-0.4, -0.2) is 37.5 Å². The summed E-state index contributed by atoms with van der Waals surface area (Å²) in [5, 5.41) is 10.2. The van der Waals surface area contributed by atoms with Gasteiger partial charge in [0.2, 0.25) is 0 Å². The molecule has 0 amide bonds. The largest absolute Gasteiger partial charge is 0.573 e. The van der Waals surface area contributed by atoms with E-state index in [0.717, 1.165) is 57.4 Å². The van der Waals surface area contributed by atoms with E-state index in [1.807, 2.05) is 66.9 Å². The number of carboxylic acid groups (broad SMARTS) is 1. The number of benzene rings is 5. The van der Waals surface area contributed by atoms with Crippen LogP contribution in [-0.2, 0) is 16.4 Å². The van der Waals surface area contributed by atoms with Crippen molar-refractivity contribution in [2.75, 3.05) is 11.8 Å². The molecule has 0 aliphatic heterocycles. The van der Waals surface area contributed by atoms with E-state index < -0.39 is 28.1 Å². The zero-order valence-corrected chi connectivity index (χ0v) is 26.7. The number of methoxy groups -OCH3 is 1. The second-order valence-electron chi connectivity index (χ2n) is 11.2.